The summed E-state index contributed by atoms with van der Waals surface area (Å²) in [5.41, 5.74) is -1.82. The van der Waals surface area contributed by atoms with Gasteiger partial charge in [-0.25, -0.2) is 13.8 Å². The van der Waals surface area contributed by atoms with Crippen molar-refractivity contribution in [1.82, 2.24) is 24.0 Å². The molecule has 3 aromatic heterocycles. The minimum absolute atomic E-state index is 0.0320. The number of carbonyl (C=O) groups is 1. The molecule has 1 unspecified atom stereocenters. The van der Waals surface area contributed by atoms with E-state index in [0.29, 0.717) is 16.9 Å². The Hall–Kier alpha value is -5.18. The number of halogens is 2. The number of carbonyl (C=O) groups excluding carboxylic acids is 1. The number of likely N-dealkylation sites (tertiary alicyclic amines) is 1. The summed E-state index contributed by atoms with van der Waals surface area (Å²) in [7, 11) is 0. The maximum absolute atomic E-state index is 15.9. The summed E-state index contributed by atoms with van der Waals surface area (Å²) < 4.78 is 33.1. The summed E-state index contributed by atoms with van der Waals surface area (Å²) in [6.45, 7) is 9.15. The Morgan fingerprint density at radius 2 is 1.98 bits per heavy atom. The molecule has 1 saturated heterocycles. The van der Waals surface area contributed by atoms with Gasteiger partial charge >= 0.3 is 11.1 Å². The van der Waals surface area contributed by atoms with Crippen LogP contribution in [-0.2, 0) is 4.79 Å². The minimum Gasteiger partial charge on any atom is -0.507 e. The second kappa shape index (κ2) is 11.8. The van der Waals surface area contributed by atoms with Gasteiger partial charge in [-0.05, 0) is 55.5 Å². The van der Waals surface area contributed by atoms with Crippen molar-refractivity contribution in [1.29, 1.82) is 5.26 Å². The summed E-state index contributed by atoms with van der Waals surface area (Å²) in [4.78, 5) is 50.9. The van der Waals surface area contributed by atoms with Gasteiger partial charge in [0.25, 0.3) is 0 Å². The van der Waals surface area contributed by atoms with Gasteiger partial charge in [0, 0.05) is 30.9 Å². The van der Waals surface area contributed by atoms with Gasteiger partial charge in [0.2, 0.25) is 5.91 Å². The quantitative estimate of drug-likeness (QED) is 0.251. The highest BCUT2D eigenvalue weighted by Gasteiger charge is 2.34. The van der Waals surface area contributed by atoms with E-state index in [1.54, 1.807) is 19.2 Å². The zero-order valence-electron chi connectivity index (χ0n) is 24.4. The first kappa shape index (κ1) is 30.3. The summed E-state index contributed by atoms with van der Waals surface area (Å²) in [6, 6.07) is 6.93. The number of aromatic nitrogens is 4. The number of aryl methyl sites for hydroxylation is 1. The average Bonchev–Trinajstić information content (AvgIpc) is 2.98. The van der Waals surface area contributed by atoms with E-state index in [0.717, 1.165) is 27.3 Å². The number of rotatable bonds is 6. The third-order valence-electron chi connectivity index (χ3n) is 8.00. The zero-order valence-corrected chi connectivity index (χ0v) is 24.4. The Bertz CT molecular complexity index is 1960. The third-order valence-corrected chi connectivity index (χ3v) is 8.00. The van der Waals surface area contributed by atoms with Gasteiger partial charge in [0.15, 0.2) is 11.5 Å². The van der Waals surface area contributed by atoms with Gasteiger partial charge in [0.1, 0.15) is 17.3 Å². The molecule has 0 spiro atoms. The molecule has 1 amide bonds. The predicted molar refractivity (Wildman–Crippen MR) is 159 cm³/mol. The molecule has 2 atom stereocenters. The van der Waals surface area contributed by atoms with Crippen LogP contribution in [0, 0.1) is 29.9 Å². The maximum atomic E-state index is 15.9. The van der Waals surface area contributed by atoms with Crippen molar-refractivity contribution in [3.05, 3.63) is 92.8 Å². The van der Waals surface area contributed by atoms with Crippen molar-refractivity contribution >= 4 is 17.1 Å². The fourth-order valence-corrected chi connectivity index (χ4v) is 5.96. The molecule has 1 aromatic carbocycles. The fourth-order valence-electron chi connectivity index (χ4n) is 5.96. The first-order chi connectivity index (χ1) is 21.0. The Morgan fingerprint density at radius 3 is 2.64 bits per heavy atom. The summed E-state index contributed by atoms with van der Waals surface area (Å²) in [6.07, 6.45) is 3.05. The SMILES string of the molecule is C=CC(=O)N1CCC(n2c(=O)c(=O)n(-c3c(C)ccnc3C(C)C)c3nc(-c4c(O)cccc4F)c(F)cc32)C[C@H]1CC#N. The number of phenolic OH excluding ortho intramolecular Hbond substituents is 1. The molecule has 10 nitrogen and oxygen atoms in total. The number of piperidine rings is 1. The summed E-state index contributed by atoms with van der Waals surface area (Å²) in [5.74, 6) is -3.08. The number of amides is 1. The molecule has 4 aromatic rings. The van der Waals surface area contributed by atoms with E-state index in [2.05, 4.69) is 22.6 Å². The predicted octanol–water partition coefficient (Wildman–Crippen LogP) is 4.66. The highest BCUT2D eigenvalue weighted by molar-refractivity contribution is 5.87. The average molecular weight is 601 g/mol. The van der Waals surface area contributed by atoms with E-state index < -0.39 is 51.8 Å². The molecule has 0 aliphatic carbocycles. The molecule has 4 heterocycles. The number of aromatic hydroxyl groups is 1. The van der Waals surface area contributed by atoms with E-state index in [9.17, 15) is 29.1 Å². The second-order valence-corrected chi connectivity index (χ2v) is 11.1. The van der Waals surface area contributed by atoms with Gasteiger partial charge in [-0.2, -0.15) is 5.26 Å². The number of hydrogen-bond donors (Lipinski definition) is 1. The lowest BCUT2D eigenvalue weighted by atomic mass is 9.94. The maximum Gasteiger partial charge on any atom is 0.322 e. The fraction of sp³-hybridized carbons (Fsp3) is 0.312. The smallest absolute Gasteiger partial charge is 0.322 e. The summed E-state index contributed by atoms with van der Waals surface area (Å²) >= 11 is 0. The number of benzene rings is 1. The molecule has 0 saturated carbocycles. The summed E-state index contributed by atoms with van der Waals surface area (Å²) in [5, 5.41) is 19.9. The van der Waals surface area contributed by atoms with Crippen molar-refractivity contribution in [2.24, 2.45) is 0 Å². The van der Waals surface area contributed by atoms with E-state index in [1.807, 2.05) is 13.8 Å². The van der Waals surface area contributed by atoms with Crippen LogP contribution >= 0.6 is 0 Å². The molecule has 0 radical (unpaired) electrons. The van der Waals surface area contributed by atoms with Crippen LogP contribution in [0.3, 0.4) is 0 Å². The van der Waals surface area contributed by atoms with Crippen molar-refractivity contribution in [3.8, 4) is 28.8 Å². The minimum atomic E-state index is -1.03. The van der Waals surface area contributed by atoms with Gasteiger partial charge in [-0.15, -0.1) is 0 Å². The zero-order chi connectivity index (χ0) is 31.9. The van der Waals surface area contributed by atoms with Crippen LogP contribution in [0.4, 0.5) is 8.78 Å². The van der Waals surface area contributed by atoms with E-state index in [-0.39, 0.29) is 48.8 Å². The Morgan fingerprint density at radius 1 is 1.23 bits per heavy atom. The van der Waals surface area contributed by atoms with Crippen molar-refractivity contribution in [2.45, 2.75) is 58.0 Å². The first-order valence-electron chi connectivity index (χ1n) is 14.1. The molecule has 226 valence electrons. The number of fused-ring (bicyclic) bond motifs is 1. The Balaban J connectivity index is 1.87. The number of hydrogen-bond acceptors (Lipinski definition) is 7. The highest BCUT2D eigenvalue weighted by Crippen LogP contribution is 2.36. The molecule has 44 heavy (non-hydrogen) atoms. The van der Waals surface area contributed by atoms with Crippen molar-refractivity contribution in [2.75, 3.05) is 6.54 Å². The molecule has 12 heteroatoms. The van der Waals surface area contributed by atoms with Crippen LogP contribution in [0.15, 0.2) is 58.8 Å². The van der Waals surface area contributed by atoms with E-state index >= 15 is 4.39 Å². The van der Waals surface area contributed by atoms with Crippen LogP contribution in [0.1, 0.15) is 56.3 Å². The third kappa shape index (κ3) is 5.04. The van der Waals surface area contributed by atoms with E-state index in [1.165, 1.54) is 17.0 Å². The highest BCUT2D eigenvalue weighted by atomic mass is 19.1. The monoisotopic (exact) mass is 600 g/mol. The molecule has 5 rings (SSSR count). The molecule has 0 bridgehead atoms. The normalized spacial score (nSPS) is 16.7. The largest absolute Gasteiger partial charge is 0.507 e. The van der Waals surface area contributed by atoms with Crippen molar-refractivity contribution < 1.29 is 18.7 Å². The molecule has 1 fully saturated rings. The first-order valence-corrected chi connectivity index (χ1v) is 14.1. The van der Waals surface area contributed by atoms with Crippen LogP contribution in [0.2, 0.25) is 0 Å². The van der Waals surface area contributed by atoms with Crippen molar-refractivity contribution in [3.63, 3.8) is 0 Å². The van der Waals surface area contributed by atoms with Gasteiger partial charge in [-0.3, -0.25) is 28.5 Å². The lowest BCUT2D eigenvalue weighted by Gasteiger charge is -2.39. The number of phenols is 1. The molecule has 1 N–H and O–H groups in total. The molecular weight excluding hydrogens is 570 g/mol. The lowest BCUT2D eigenvalue weighted by molar-refractivity contribution is -0.130. The number of nitriles is 1. The molecule has 1 aliphatic rings. The van der Waals surface area contributed by atoms with Gasteiger partial charge in [0.05, 0.1) is 35.0 Å². The second-order valence-electron chi connectivity index (χ2n) is 11.1. The topological polar surface area (TPSA) is 134 Å². The van der Waals surface area contributed by atoms with Crippen LogP contribution < -0.4 is 11.1 Å². The van der Waals surface area contributed by atoms with E-state index in [4.69, 9.17) is 0 Å². The van der Waals surface area contributed by atoms with Gasteiger partial charge in [-0.1, -0.05) is 26.5 Å². The van der Waals surface area contributed by atoms with Crippen LogP contribution in [0.5, 0.6) is 5.75 Å². The number of nitrogens with zero attached hydrogens (tertiary/aromatic N) is 6. The Labute approximate surface area is 251 Å². The Kier molecular flexibility index (Phi) is 8.15. The number of pyridine rings is 2. The van der Waals surface area contributed by atoms with Crippen LogP contribution in [-0.4, -0.2) is 47.6 Å². The lowest BCUT2D eigenvalue weighted by Crippen LogP contribution is -2.49. The van der Waals surface area contributed by atoms with Crippen LogP contribution in [0.25, 0.3) is 28.1 Å². The standard InChI is InChI=1S/C32H30F2N6O4/c1-5-25(42)38-14-11-20(15-19(38)9-12-35)39-23-16-22(34)28(26-21(33)7-6-8-24(26)41)37-30(23)40(32(44)31(39)43)29-18(4)10-13-36-27(29)17(2)3/h5-8,10,13,16-17,19-20,41H,1,9,11,14-15H2,2-4H3/t19-,20?/m1/s1. The van der Waals surface area contributed by atoms with Gasteiger partial charge < -0.3 is 10.0 Å². The molecule has 1 aliphatic heterocycles. The molecular formula is C32H30F2N6O4.